The molecule has 0 fully saturated rings. The Balaban J connectivity index is 1.65. The fraction of sp³-hybridized carbons (Fsp3) is 0.130. The van der Waals surface area contributed by atoms with Gasteiger partial charge in [0.2, 0.25) is 5.91 Å². The van der Waals surface area contributed by atoms with Gasteiger partial charge in [-0.15, -0.1) is 0 Å². The number of halogens is 2. The monoisotopic (exact) mass is 408 g/mol. The Morgan fingerprint density at radius 1 is 1.07 bits per heavy atom. The molecule has 1 aliphatic rings. The molecular formula is C23H18F2N2O3. The lowest BCUT2D eigenvalue weighted by atomic mass is 9.87. The maximum Gasteiger partial charge on any atom is 0.268 e. The number of carbonyl (C=O) groups excluding carboxylic acids is 2. The standard InChI is InChI=1S/C23H18F2N2O3/c1-14-9-10-17(12-19(14)25)26-21(28)13-27-20-8-3-2-7-18(20)23(30,22(27)29)15-5-4-6-16(24)11-15/h2-12,30H,13H2,1H3,(H,26,28)/t23-/m0/s1. The van der Waals surface area contributed by atoms with Crippen LogP contribution in [0.3, 0.4) is 0 Å². The van der Waals surface area contributed by atoms with Crippen molar-refractivity contribution < 1.29 is 23.5 Å². The van der Waals surface area contributed by atoms with E-state index in [0.29, 0.717) is 11.3 Å². The van der Waals surface area contributed by atoms with E-state index in [9.17, 15) is 23.5 Å². The molecule has 2 N–H and O–H groups in total. The van der Waals surface area contributed by atoms with Crippen LogP contribution in [0.2, 0.25) is 0 Å². The van der Waals surface area contributed by atoms with E-state index in [1.165, 1.54) is 30.3 Å². The molecule has 0 saturated carbocycles. The summed E-state index contributed by atoms with van der Waals surface area (Å²) in [7, 11) is 0. The molecule has 0 saturated heterocycles. The number of nitrogens with one attached hydrogen (secondary N) is 1. The van der Waals surface area contributed by atoms with Gasteiger partial charge in [0.1, 0.15) is 18.2 Å². The van der Waals surface area contributed by atoms with Crippen molar-refractivity contribution in [3.05, 3.63) is 95.1 Å². The van der Waals surface area contributed by atoms with E-state index < -0.39 is 35.6 Å². The number of amides is 2. The van der Waals surface area contributed by atoms with Crippen LogP contribution in [0.5, 0.6) is 0 Å². The van der Waals surface area contributed by atoms with Gasteiger partial charge in [-0.2, -0.15) is 0 Å². The number of rotatable bonds is 4. The molecule has 152 valence electrons. The number of aliphatic hydroxyl groups is 1. The fourth-order valence-corrected chi connectivity index (χ4v) is 3.60. The number of fused-ring (bicyclic) bond motifs is 1. The molecule has 4 rings (SSSR count). The van der Waals surface area contributed by atoms with Crippen LogP contribution in [0, 0.1) is 18.6 Å². The van der Waals surface area contributed by atoms with Gasteiger partial charge in [-0.25, -0.2) is 8.78 Å². The molecule has 3 aromatic carbocycles. The van der Waals surface area contributed by atoms with Crippen LogP contribution < -0.4 is 10.2 Å². The van der Waals surface area contributed by atoms with Crippen molar-refractivity contribution >= 4 is 23.2 Å². The van der Waals surface area contributed by atoms with Crippen molar-refractivity contribution in [2.45, 2.75) is 12.5 Å². The lowest BCUT2D eigenvalue weighted by Gasteiger charge is -2.23. The molecule has 3 aromatic rings. The van der Waals surface area contributed by atoms with Crippen molar-refractivity contribution in [3.8, 4) is 0 Å². The van der Waals surface area contributed by atoms with Gasteiger partial charge in [0, 0.05) is 16.8 Å². The minimum atomic E-state index is -2.12. The van der Waals surface area contributed by atoms with Gasteiger partial charge in [-0.3, -0.25) is 14.5 Å². The quantitative estimate of drug-likeness (QED) is 0.694. The number of anilines is 2. The highest BCUT2D eigenvalue weighted by molar-refractivity contribution is 6.12. The van der Waals surface area contributed by atoms with Gasteiger partial charge < -0.3 is 10.4 Å². The zero-order valence-corrected chi connectivity index (χ0v) is 16.0. The molecule has 0 aliphatic carbocycles. The zero-order valence-electron chi connectivity index (χ0n) is 16.0. The van der Waals surface area contributed by atoms with Crippen molar-refractivity contribution in [2.24, 2.45) is 0 Å². The third-order valence-corrected chi connectivity index (χ3v) is 5.14. The summed E-state index contributed by atoms with van der Waals surface area (Å²) in [5.74, 6) is -2.39. The first-order valence-electron chi connectivity index (χ1n) is 9.26. The minimum Gasteiger partial charge on any atom is -0.372 e. The summed E-state index contributed by atoms with van der Waals surface area (Å²) in [5, 5.41) is 13.9. The number of nitrogens with zero attached hydrogens (tertiary/aromatic N) is 1. The largest absolute Gasteiger partial charge is 0.372 e. The molecule has 0 bridgehead atoms. The highest BCUT2D eigenvalue weighted by atomic mass is 19.1. The summed E-state index contributed by atoms with van der Waals surface area (Å²) in [6.45, 7) is 1.21. The lowest BCUT2D eigenvalue weighted by Crippen LogP contribution is -2.44. The Labute approximate surface area is 171 Å². The van der Waals surface area contributed by atoms with Crippen LogP contribution in [0.15, 0.2) is 66.7 Å². The van der Waals surface area contributed by atoms with Crippen LogP contribution in [-0.4, -0.2) is 23.5 Å². The predicted octanol–water partition coefficient (Wildman–Crippen LogP) is 3.49. The minimum absolute atomic E-state index is 0.0727. The van der Waals surface area contributed by atoms with Crippen molar-refractivity contribution in [1.29, 1.82) is 0 Å². The summed E-state index contributed by atoms with van der Waals surface area (Å²) in [6, 6.07) is 15.9. The Morgan fingerprint density at radius 2 is 1.83 bits per heavy atom. The van der Waals surface area contributed by atoms with Gasteiger partial charge in [0.25, 0.3) is 5.91 Å². The topological polar surface area (TPSA) is 69.6 Å². The molecule has 2 amide bonds. The molecular weight excluding hydrogens is 390 g/mol. The summed E-state index contributed by atoms with van der Waals surface area (Å²) < 4.78 is 27.5. The maximum absolute atomic E-state index is 13.8. The first-order chi connectivity index (χ1) is 14.3. The fourth-order valence-electron chi connectivity index (χ4n) is 3.60. The van der Waals surface area contributed by atoms with E-state index in [4.69, 9.17) is 0 Å². The predicted molar refractivity (Wildman–Crippen MR) is 108 cm³/mol. The van der Waals surface area contributed by atoms with Gasteiger partial charge in [-0.05, 0) is 42.8 Å². The van der Waals surface area contributed by atoms with Crippen molar-refractivity contribution in [1.82, 2.24) is 0 Å². The second-order valence-electron chi connectivity index (χ2n) is 7.14. The molecule has 1 atom stereocenters. The highest BCUT2D eigenvalue weighted by Gasteiger charge is 2.51. The second kappa shape index (κ2) is 7.35. The number of benzene rings is 3. The van der Waals surface area contributed by atoms with E-state index >= 15 is 0 Å². The van der Waals surface area contributed by atoms with E-state index in [1.54, 1.807) is 37.3 Å². The second-order valence-corrected chi connectivity index (χ2v) is 7.14. The molecule has 7 heteroatoms. The first kappa shape index (κ1) is 19.7. The average Bonchev–Trinajstić information content (AvgIpc) is 2.94. The number of para-hydroxylation sites is 1. The average molecular weight is 408 g/mol. The Hall–Kier alpha value is -3.58. The Bertz CT molecular complexity index is 1160. The highest BCUT2D eigenvalue weighted by Crippen LogP contribution is 2.44. The Morgan fingerprint density at radius 3 is 2.57 bits per heavy atom. The van der Waals surface area contributed by atoms with E-state index in [2.05, 4.69) is 5.32 Å². The van der Waals surface area contributed by atoms with E-state index in [-0.39, 0.29) is 16.8 Å². The third kappa shape index (κ3) is 3.23. The smallest absolute Gasteiger partial charge is 0.268 e. The van der Waals surface area contributed by atoms with Gasteiger partial charge in [0.15, 0.2) is 5.60 Å². The summed E-state index contributed by atoms with van der Waals surface area (Å²) in [5.41, 5.74) is -0.743. The van der Waals surface area contributed by atoms with Crippen molar-refractivity contribution in [2.75, 3.05) is 16.8 Å². The molecule has 1 aliphatic heterocycles. The summed E-state index contributed by atoms with van der Waals surface area (Å²) in [6.07, 6.45) is 0. The molecule has 0 aromatic heterocycles. The molecule has 1 heterocycles. The van der Waals surface area contributed by atoms with E-state index in [1.807, 2.05) is 0 Å². The summed E-state index contributed by atoms with van der Waals surface area (Å²) in [4.78, 5) is 26.9. The molecule has 5 nitrogen and oxygen atoms in total. The lowest BCUT2D eigenvalue weighted by molar-refractivity contribution is -0.133. The number of hydrogen-bond acceptors (Lipinski definition) is 3. The van der Waals surface area contributed by atoms with Crippen LogP contribution in [0.25, 0.3) is 0 Å². The molecule has 30 heavy (non-hydrogen) atoms. The van der Waals surface area contributed by atoms with Gasteiger partial charge in [-0.1, -0.05) is 36.4 Å². The Kier molecular flexibility index (Phi) is 4.83. The van der Waals surface area contributed by atoms with Crippen LogP contribution >= 0.6 is 0 Å². The normalized spacial score (nSPS) is 17.7. The van der Waals surface area contributed by atoms with E-state index in [0.717, 1.165) is 11.0 Å². The van der Waals surface area contributed by atoms with Gasteiger partial charge in [0.05, 0.1) is 5.69 Å². The molecule has 0 unspecified atom stereocenters. The van der Waals surface area contributed by atoms with Crippen molar-refractivity contribution in [3.63, 3.8) is 0 Å². The number of aryl methyl sites for hydroxylation is 1. The maximum atomic E-state index is 13.8. The molecule has 0 radical (unpaired) electrons. The SMILES string of the molecule is Cc1ccc(NC(=O)CN2C(=O)[C@](O)(c3cccc(F)c3)c3ccccc32)cc1F. The first-order valence-corrected chi connectivity index (χ1v) is 9.26. The summed E-state index contributed by atoms with van der Waals surface area (Å²) >= 11 is 0. The van der Waals surface area contributed by atoms with Crippen LogP contribution in [0.1, 0.15) is 16.7 Å². The number of hydrogen-bond donors (Lipinski definition) is 2. The van der Waals surface area contributed by atoms with Gasteiger partial charge >= 0.3 is 0 Å². The van der Waals surface area contributed by atoms with Crippen LogP contribution in [-0.2, 0) is 15.2 Å². The number of carbonyl (C=O) groups is 2. The zero-order chi connectivity index (χ0) is 21.5. The van der Waals surface area contributed by atoms with Crippen LogP contribution in [0.4, 0.5) is 20.2 Å². The molecule has 0 spiro atoms. The third-order valence-electron chi connectivity index (χ3n) is 5.14.